The number of carbonyl (C=O) groups is 2. The van der Waals surface area contributed by atoms with Crippen LogP contribution in [-0.2, 0) is 9.59 Å². The molecule has 1 amide bonds. The molecule has 0 aromatic rings. The van der Waals surface area contributed by atoms with Gasteiger partial charge < -0.3 is 11.1 Å². The number of hydrogen-bond donors (Lipinski definition) is 2. The normalized spacial score (nSPS) is 15.2. The summed E-state index contributed by atoms with van der Waals surface area (Å²) in [6.07, 6.45) is 0. The van der Waals surface area contributed by atoms with E-state index < -0.39 is 12.1 Å². The molecule has 4 heteroatoms. The molecule has 3 N–H and O–H groups in total. The third-order valence-corrected chi connectivity index (χ3v) is 1.77. The number of rotatable bonds is 4. The lowest BCUT2D eigenvalue weighted by Crippen LogP contribution is -2.46. The van der Waals surface area contributed by atoms with E-state index in [9.17, 15) is 9.59 Å². The summed E-state index contributed by atoms with van der Waals surface area (Å²) in [7, 11) is 0. The average Bonchev–Trinajstić information content (AvgIpc) is 2.02. The van der Waals surface area contributed by atoms with Gasteiger partial charge in [0.25, 0.3) is 0 Å². The van der Waals surface area contributed by atoms with Crippen molar-refractivity contribution in [3.05, 3.63) is 0 Å². The Morgan fingerprint density at radius 1 is 1.15 bits per heavy atom. The number of amides is 1. The van der Waals surface area contributed by atoms with Crippen molar-refractivity contribution in [1.29, 1.82) is 0 Å². The first-order valence-corrected chi connectivity index (χ1v) is 4.46. The molecule has 13 heavy (non-hydrogen) atoms. The quantitative estimate of drug-likeness (QED) is 0.652. The maximum absolute atomic E-state index is 11.3. The Morgan fingerprint density at radius 3 is 1.92 bits per heavy atom. The molecular formula is C9H18N2O2. The number of nitrogens with one attached hydrogen (secondary N) is 1. The fourth-order valence-electron chi connectivity index (χ4n) is 0.916. The summed E-state index contributed by atoms with van der Waals surface area (Å²) in [5.74, 6) is -0.334. The van der Waals surface area contributed by atoms with E-state index in [-0.39, 0.29) is 17.6 Å². The maximum Gasteiger partial charge on any atom is 0.237 e. The molecule has 0 spiro atoms. The van der Waals surface area contributed by atoms with Gasteiger partial charge in [0.2, 0.25) is 5.91 Å². The molecule has 0 radical (unpaired) electrons. The minimum absolute atomic E-state index is 0.0222. The molecule has 0 rings (SSSR count). The van der Waals surface area contributed by atoms with E-state index in [1.807, 2.05) is 0 Å². The van der Waals surface area contributed by atoms with Crippen molar-refractivity contribution in [1.82, 2.24) is 5.32 Å². The van der Waals surface area contributed by atoms with Gasteiger partial charge in [0, 0.05) is 5.92 Å². The minimum Gasteiger partial charge on any atom is -0.345 e. The van der Waals surface area contributed by atoms with Crippen LogP contribution in [0.5, 0.6) is 0 Å². The summed E-state index contributed by atoms with van der Waals surface area (Å²) in [6.45, 7) is 6.86. The summed E-state index contributed by atoms with van der Waals surface area (Å²) < 4.78 is 0. The molecule has 0 fully saturated rings. The molecule has 0 saturated carbocycles. The molecule has 0 saturated heterocycles. The van der Waals surface area contributed by atoms with Crippen molar-refractivity contribution in [2.75, 3.05) is 0 Å². The second kappa shape index (κ2) is 4.97. The fraction of sp³-hybridized carbons (Fsp3) is 0.778. The summed E-state index contributed by atoms with van der Waals surface area (Å²) in [5, 5.41) is 2.55. The maximum atomic E-state index is 11.3. The van der Waals surface area contributed by atoms with Crippen molar-refractivity contribution >= 4 is 11.7 Å². The molecule has 76 valence electrons. The van der Waals surface area contributed by atoms with E-state index in [2.05, 4.69) is 5.32 Å². The van der Waals surface area contributed by atoms with Gasteiger partial charge in [-0.1, -0.05) is 13.8 Å². The highest BCUT2D eigenvalue weighted by molar-refractivity contribution is 5.91. The Balaban J connectivity index is 4.08. The van der Waals surface area contributed by atoms with E-state index in [0.29, 0.717) is 0 Å². The highest BCUT2D eigenvalue weighted by atomic mass is 16.2. The van der Waals surface area contributed by atoms with Crippen LogP contribution in [0.4, 0.5) is 0 Å². The van der Waals surface area contributed by atoms with Gasteiger partial charge in [-0.05, 0) is 13.8 Å². The van der Waals surface area contributed by atoms with Crippen molar-refractivity contribution in [3.8, 4) is 0 Å². The zero-order chi connectivity index (χ0) is 10.6. The van der Waals surface area contributed by atoms with Crippen LogP contribution in [-0.4, -0.2) is 23.8 Å². The van der Waals surface area contributed by atoms with Crippen molar-refractivity contribution < 1.29 is 9.59 Å². The number of nitrogens with two attached hydrogens (primary N) is 1. The van der Waals surface area contributed by atoms with Gasteiger partial charge in [-0.15, -0.1) is 0 Å². The van der Waals surface area contributed by atoms with E-state index in [1.54, 1.807) is 27.7 Å². The SMILES string of the molecule is CC(C)C(=O)C(C)NC(=O)C(C)N. The molecule has 0 aromatic heterocycles. The molecular weight excluding hydrogens is 168 g/mol. The molecule has 0 aliphatic carbocycles. The van der Waals surface area contributed by atoms with E-state index in [0.717, 1.165) is 0 Å². The monoisotopic (exact) mass is 186 g/mol. The first-order valence-electron chi connectivity index (χ1n) is 4.46. The molecule has 0 aliphatic heterocycles. The Hall–Kier alpha value is -0.900. The second-order valence-electron chi connectivity index (χ2n) is 3.58. The van der Waals surface area contributed by atoms with Crippen LogP contribution in [0, 0.1) is 5.92 Å². The second-order valence-corrected chi connectivity index (χ2v) is 3.58. The van der Waals surface area contributed by atoms with Gasteiger partial charge in [-0.25, -0.2) is 0 Å². The van der Waals surface area contributed by atoms with Crippen molar-refractivity contribution in [2.45, 2.75) is 39.8 Å². The van der Waals surface area contributed by atoms with Crippen LogP contribution >= 0.6 is 0 Å². The Bertz CT molecular complexity index is 200. The molecule has 2 atom stereocenters. The Labute approximate surface area is 78.9 Å². The standard InChI is InChI=1S/C9H18N2O2/c1-5(2)8(12)7(4)11-9(13)6(3)10/h5-7H,10H2,1-4H3,(H,11,13). The average molecular weight is 186 g/mol. The molecule has 0 bridgehead atoms. The predicted octanol–water partition coefficient (Wildman–Crippen LogP) is 0.0634. The van der Waals surface area contributed by atoms with E-state index in [1.165, 1.54) is 0 Å². The van der Waals surface area contributed by atoms with Crippen LogP contribution in [0.25, 0.3) is 0 Å². The summed E-state index contributed by atoms with van der Waals surface area (Å²) in [5.41, 5.74) is 5.34. The fourth-order valence-corrected chi connectivity index (χ4v) is 0.916. The van der Waals surface area contributed by atoms with Gasteiger partial charge >= 0.3 is 0 Å². The molecule has 0 aromatic carbocycles. The summed E-state index contributed by atoms with van der Waals surface area (Å²) >= 11 is 0. The number of hydrogen-bond acceptors (Lipinski definition) is 3. The largest absolute Gasteiger partial charge is 0.345 e. The highest BCUT2D eigenvalue weighted by Gasteiger charge is 2.19. The van der Waals surface area contributed by atoms with Gasteiger partial charge in [0.15, 0.2) is 5.78 Å². The van der Waals surface area contributed by atoms with Crippen LogP contribution in [0.3, 0.4) is 0 Å². The van der Waals surface area contributed by atoms with E-state index >= 15 is 0 Å². The zero-order valence-corrected chi connectivity index (χ0v) is 8.63. The molecule has 0 aliphatic rings. The van der Waals surface area contributed by atoms with Crippen LogP contribution in [0.15, 0.2) is 0 Å². The lowest BCUT2D eigenvalue weighted by molar-refractivity contribution is -0.129. The van der Waals surface area contributed by atoms with Gasteiger partial charge in [0.05, 0.1) is 12.1 Å². The summed E-state index contributed by atoms with van der Waals surface area (Å²) in [6, 6.07) is -1.01. The highest BCUT2D eigenvalue weighted by Crippen LogP contribution is 1.99. The van der Waals surface area contributed by atoms with Crippen LogP contribution < -0.4 is 11.1 Å². The van der Waals surface area contributed by atoms with Crippen LogP contribution in [0.2, 0.25) is 0 Å². The van der Waals surface area contributed by atoms with Gasteiger partial charge in [-0.2, -0.15) is 0 Å². The Morgan fingerprint density at radius 2 is 1.62 bits per heavy atom. The first-order chi connectivity index (χ1) is 5.86. The van der Waals surface area contributed by atoms with E-state index in [4.69, 9.17) is 5.73 Å². The predicted molar refractivity (Wildman–Crippen MR) is 51.1 cm³/mol. The third kappa shape index (κ3) is 4.03. The summed E-state index contributed by atoms with van der Waals surface area (Å²) in [4.78, 5) is 22.4. The van der Waals surface area contributed by atoms with Crippen LogP contribution in [0.1, 0.15) is 27.7 Å². The molecule has 0 heterocycles. The Kier molecular flexibility index (Phi) is 4.62. The van der Waals surface area contributed by atoms with Crippen molar-refractivity contribution in [2.24, 2.45) is 11.7 Å². The minimum atomic E-state index is -0.567. The molecule has 4 nitrogen and oxygen atoms in total. The number of carbonyl (C=O) groups excluding carboxylic acids is 2. The van der Waals surface area contributed by atoms with Crippen molar-refractivity contribution in [3.63, 3.8) is 0 Å². The molecule has 2 unspecified atom stereocenters. The third-order valence-electron chi connectivity index (χ3n) is 1.77. The number of Topliss-reactive ketones (excluding diaryl/α,β-unsaturated/α-hetero) is 1. The number of ketones is 1. The first kappa shape index (κ1) is 12.1. The smallest absolute Gasteiger partial charge is 0.237 e. The lowest BCUT2D eigenvalue weighted by Gasteiger charge is -2.16. The lowest BCUT2D eigenvalue weighted by atomic mass is 10.0. The zero-order valence-electron chi connectivity index (χ0n) is 8.63. The topological polar surface area (TPSA) is 72.2 Å². The van der Waals surface area contributed by atoms with Gasteiger partial charge in [-0.3, -0.25) is 9.59 Å². The van der Waals surface area contributed by atoms with Gasteiger partial charge in [0.1, 0.15) is 0 Å².